The largest absolute Gasteiger partial charge is 0.507 e. The summed E-state index contributed by atoms with van der Waals surface area (Å²) >= 11 is 0. The molecule has 0 bridgehead atoms. The minimum Gasteiger partial charge on any atom is -0.507 e. The van der Waals surface area contributed by atoms with Gasteiger partial charge in [-0.15, -0.1) is 0 Å². The predicted octanol–water partition coefficient (Wildman–Crippen LogP) is -2.05. The molecule has 9 atom stereocenters. The fraction of sp³-hybridized carbons (Fsp3) is 0.423. The van der Waals surface area contributed by atoms with Crippen molar-refractivity contribution >= 4 is 11.0 Å². The van der Waals surface area contributed by atoms with Gasteiger partial charge < -0.3 is 70.1 Å². The number of aliphatic hydroxyl groups excluding tert-OH is 7. The minimum absolute atomic E-state index is 0.0720. The molecule has 3 heterocycles. The van der Waals surface area contributed by atoms with Crippen molar-refractivity contribution in [3.63, 3.8) is 0 Å². The quantitative estimate of drug-likeness (QED) is 0.148. The van der Waals surface area contributed by atoms with Gasteiger partial charge in [0.15, 0.2) is 22.5 Å². The molecule has 222 valence electrons. The van der Waals surface area contributed by atoms with Gasteiger partial charge in [0.2, 0.25) is 0 Å². The molecule has 41 heavy (non-hydrogen) atoms. The number of aliphatic hydroxyl groups is 7. The lowest BCUT2D eigenvalue weighted by atomic mass is 9.85. The van der Waals surface area contributed by atoms with Crippen LogP contribution in [-0.2, 0) is 9.47 Å². The molecule has 2 aliphatic rings. The highest BCUT2D eigenvalue weighted by Gasteiger charge is 2.48. The summed E-state index contributed by atoms with van der Waals surface area (Å²) in [7, 11) is 0. The van der Waals surface area contributed by atoms with E-state index >= 15 is 0 Å². The Bertz CT molecular complexity index is 1520. The lowest BCUT2D eigenvalue weighted by Gasteiger charge is -2.41. The third-order valence-electron chi connectivity index (χ3n) is 7.42. The number of hydrogen-bond donors (Lipinski definition) is 11. The molecule has 15 nitrogen and oxygen atoms in total. The van der Waals surface area contributed by atoms with Crippen molar-refractivity contribution in [1.82, 2.24) is 0 Å². The molecule has 0 unspecified atom stereocenters. The van der Waals surface area contributed by atoms with E-state index in [1.165, 1.54) is 6.07 Å². The number of aromatic hydroxyl groups is 4. The van der Waals surface area contributed by atoms with Crippen LogP contribution in [0.15, 0.2) is 33.5 Å². The Labute approximate surface area is 229 Å². The van der Waals surface area contributed by atoms with Gasteiger partial charge in [-0.2, -0.15) is 0 Å². The summed E-state index contributed by atoms with van der Waals surface area (Å²) in [6.45, 7) is -1.39. The smallest absolute Gasteiger partial charge is 0.197 e. The Morgan fingerprint density at radius 2 is 1.44 bits per heavy atom. The molecule has 3 aromatic rings. The molecule has 0 amide bonds. The average molecular weight is 580 g/mol. The number of benzene rings is 2. The zero-order valence-electron chi connectivity index (χ0n) is 21.0. The number of fused-ring (bicyclic) bond motifs is 1. The van der Waals surface area contributed by atoms with Crippen LogP contribution in [0, 0.1) is 0 Å². The normalized spacial score (nSPS) is 32.3. The molecule has 2 aliphatic heterocycles. The van der Waals surface area contributed by atoms with Crippen LogP contribution in [0.1, 0.15) is 23.3 Å². The van der Waals surface area contributed by atoms with Crippen molar-refractivity contribution in [3.05, 3.63) is 45.6 Å². The van der Waals surface area contributed by atoms with Gasteiger partial charge in [-0.1, -0.05) is 0 Å². The van der Waals surface area contributed by atoms with E-state index < -0.39 is 119 Å². The molecule has 2 aromatic carbocycles. The second kappa shape index (κ2) is 10.7. The summed E-state index contributed by atoms with van der Waals surface area (Å²) in [5, 5.41) is 113. The van der Waals surface area contributed by atoms with Crippen LogP contribution in [0.5, 0.6) is 23.0 Å². The van der Waals surface area contributed by atoms with E-state index in [0.717, 1.165) is 18.2 Å². The Morgan fingerprint density at radius 1 is 0.756 bits per heavy atom. The van der Waals surface area contributed by atoms with Gasteiger partial charge >= 0.3 is 0 Å². The zero-order chi connectivity index (χ0) is 29.9. The number of ether oxygens (including phenoxy) is 2. The molecule has 0 radical (unpaired) electrons. The zero-order valence-corrected chi connectivity index (χ0v) is 21.0. The summed E-state index contributed by atoms with van der Waals surface area (Å²) in [5.41, 5.74) is -2.64. The van der Waals surface area contributed by atoms with Crippen molar-refractivity contribution in [2.24, 2.45) is 0 Å². The minimum atomic E-state index is -2.01. The number of phenols is 4. The maximum atomic E-state index is 13.4. The topological polar surface area (TPSA) is 271 Å². The lowest BCUT2D eigenvalue weighted by molar-refractivity contribution is -0.232. The SMILES string of the molecule is O=c1cc(-c2ccc(O)c(O)c2)oc2c([C@@H]3OC[C@@H](O)[C@H](O)[C@H]3O)c(O)c([C@@H]3O[C@H](CO)[C@@H](O)[C@H](O)[C@H]3O)c(O)c12. The first kappa shape index (κ1) is 29.0. The maximum absolute atomic E-state index is 13.4. The van der Waals surface area contributed by atoms with E-state index in [0.29, 0.717) is 0 Å². The molecular formula is C26H28O15. The van der Waals surface area contributed by atoms with Crippen molar-refractivity contribution in [3.8, 4) is 34.3 Å². The number of phenolic OH excluding ortho intramolecular Hbond substituents is 4. The molecule has 0 spiro atoms. The summed E-state index contributed by atoms with van der Waals surface area (Å²) < 4.78 is 16.8. The van der Waals surface area contributed by atoms with E-state index in [1.807, 2.05) is 0 Å². The van der Waals surface area contributed by atoms with Crippen LogP contribution in [0.4, 0.5) is 0 Å². The first-order valence-corrected chi connectivity index (χ1v) is 12.4. The molecule has 2 saturated heterocycles. The second-order valence-electron chi connectivity index (χ2n) is 9.96. The molecule has 11 N–H and O–H groups in total. The van der Waals surface area contributed by atoms with Gasteiger partial charge in [0.25, 0.3) is 0 Å². The van der Waals surface area contributed by atoms with Crippen LogP contribution in [0.3, 0.4) is 0 Å². The second-order valence-corrected chi connectivity index (χ2v) is 9.96. The number of hydrogen-bond acceptors (Lipinski definition) is 15. The molecule has 5 rings (SSSR count). The van der Waals surface area contributed by atoms with E-state index in [2.05, 4.69) is 0 Å². The maximum Gasteiger partial charge on any atom is 0.197 e. The summed E-state index contributed by atoms with van der Waals surface area (Å²) in [4.78, 5) is 13.4. The number of rotatable bonds is 4. The fourth-order valence-electron chi connectivity index (χ4n) is 5.16. The Morgan fingerprint density at radius 3 is 2.10 bits per heavy atom. The first-order chi connectivity index (χ1) is 19.4. The van der Waals surface area contributed by atoms with Crippen LogP contribution in [-0.4, -0.2) is 112 Å². The van der Waals surface area contributed by atoms with Gasteiger partial charge in [-0.05, 0) is 18.2 Å². The van der Waals surface area contributed by atoms with E-state index in [1.54, 1.807) is 0 Å². The standard InChI is InChI=1S/C26H28O15/c27-5-13-18(33)21(36)23(38)26(41-13)15-19(34)14-10(30)4-12(7-1-2-8(28)9(29)3-7)40-24(14)16(20(15)35)25-22(37)17(32)11(31)6-39-25/h1-4,11,13,17-18,21-23,25-29,31-38H,5-6H2/t11-,13-,17+,18-,21+,22-,23-,25+,26+/m1/s1. The highest BCUT2D eigenvalue weighted by molar-refractivity contribution is 5.92. The Kier molecular flexibility index (Phi) is 7.58. The third kappa shape index (κ3) is 4.66. The molecule has 1 aromatic heterocycles. The summed E-state index contributed by atoms with van der Waals surface area (Å²) in [5.74, 6) is -3.21. The van der Waals surface area contributed by atoms with E-state index in [9.17, 15) is 61.0 Å². The summed E-state index contributed by atoms with van der Waals surface area (Å²) in [6.07, 6.45) is -16.0. The molecule has 2 fully saturated rings. The van der Waals surface area contributed by atoms with Gasteiger partial charge in [-0.25, -0.2) is 0 Å². The van der Waals surface area contributed by atoms with Crippen molar-refractivity contribution in [1.29, 1.82) is 0 Å². The van der Waals surface area contributed by atoms with Gasteiger partial charge in [0, 0.05) is 11.6 Å². The van der Waals surface area contributed by atoms with E-state index in [-0.39, 0.29) is 11.3 Å². The van der Waals surface area contributed by atoms with Crippen LogP contribution >= 0.6 is 0 Å². The lowest BCUT2D eigenvalue weighted by Crippen LogP contribution is -2.55. The first-order valence-electron chi connectivity index (χ1n) is 12.4. The van der Waals surface area contributed by atoms with Gasteiger partial charge in [0.1, 0.15) is 77.6 Å². The van der Waals surface area contributed by atoms with Crippen LogP contribution in [0.2, 0.25) is 0 Å². The van der Waals surface area contributed by atoms with Crippen molar-refractivity contribution in [2.75, 3.05) is 13.2 Å². The van der Waals surface area contributed by atoms with E-state index in [4.69, 9.17) is 13.9 Å². The predicted molar refractivity (Wildman–Crippen MR) is 134 cm³/mol. The van der Waals surface area contributed by atoms with Crippen molar-refractivity contribution in [2.45, 2.75) is 54.9 Å². The van der Waals surface area contributed by atoms with Crippen LogP contribution < -0.4 is 5.43 Å². The highest BCUT2D eigenvalue weighted by atomic mass is 16.5. The van der Waals surface area contributed by atoms with Crippen LogP contribution in [0.25, 0.3) is 22.3 Å². The van der Waals surface area contributed by atoms with Gasteiger partial charge in [-0.3, -0.25) is 4.79 Å². The third-order valence-corrected chi connectivity index (χ3v) is 7.42. The molecule has 15 heteroatoms. The highest BCUT2D eigenvalue weighted by Crippen LogP contribution is 2.50. The molecule has 0 saturated carbocycles. The Hall–Kier alpha value is -3.51. The van der Waals surface area contributed by atoms with Gasteiger partial charge in [0.05, 0.1) is 24.3 Å². The molecular weight excluding hydrogens is 552 g/mol. The fourth-order valence-corrected chi connectivity index (χ4v) is 5.16. The van der Waals surface area contributed by atoms with Crippen molar-refractivity contribution < 1.29 is 70.1 Å². The molecule has 0 aliphatic carbocycles. The monoisotopic (exact) mass is 580 g/mol. The Balaban J connectivity index is 1.81. The average Bonchev–Trinajstić information content (AvgIpc) is 2.93. The summed E-state index contributed by atoms with van der Waals surface area (Å²) in [6, 6.07) is 4.36.